The van der Waals surface area contributed by atoms with Crippen LogP contribution in [0.5, 0.6) is 11.5 Å². The fourth-order valence-electron chi connectivity index (χ4n) is 3.90. The molecule has 0 aliphatic heterocycles. The van der Waals surface area contributed by atoms with Crippen molar-refractivity contribution in [2.75, 3.05) is 18.9 Å². The van der Waals surface area contributed by atoms with Crippen LogP contribution in [0.15, 0.2) is 55.1 Å². The highest BCUT2D eigenvalue weighted by atomic mass is 32.2. The molecule has 0 saturated carbocycles. The molecule has 13 heteroatoms. The summed E-state index contributed by atoms with van der Waals surface area (Å²) in [5.41, 5.74) is 1.86. The summed E-state index contributed by atoms with van der Waals surface area (Å²) < 4.78 is 48.9. The Kier molecular flexibility index (Phi) is 8.41. The first-order chi connectivity index (χ1) is 18.7. The summed E-state index contributed by atoms with van der Waals surface area (Å²) in [6.45, 7) is 7.02. The molecule has 12 nitrogen and oxygen atoms in total. The molecule has 0 aliphatic carbocycles. The van der Waals surface area contributed by atoms with Crippen LogP contribution < -0.4 is 14.2 Å². The van der Waals surface area contributed by atoms with Crippen molar-refractivity contribution < 1.29 is 22.6 Å². The molecular weight excluding hydrogens is 522 g/mol. The van der Waals surface area contributed by atoms with Gasteiger partial charge in [0.05, 0.1) is 20.3 Å². The number of aromatic nitrogens is 6. The van der Waals surface area contributed by atoms with Crippen LogP contribution in [0.25, 0.3) is 17.1 Å². The van der Waals surface area contributed by atoms with Gasteiger partial charge < -0.3 is 14.2 Å². The van der Waals surface area contributed by atoms with Crippen molar-refractivity contribution in [3.8, 4) is 28.6 Å². The van der Waals surface area contributed by atoms with Crippen molar-refractivity contribution in [3.05, 3.63) is 66.5 Å². The van der Waals surface area contributed by atoms with Gasteiger partial charge in [0.25, 0.3) is 0 Å². The number of anilines is 1. The van der Waals surface area contributed by atoms with Crippen molar-refractivity contribution in [1.82, 2.24) is 29.7 Å². The number of para-hydroxylation sites is 1. The van der Waals surface area contributed by atoms with Gasteiger partial charge in [0.1, 0.15) is 28.5 Å². The molecular formula is C26H31N7O5S. The van der Waals surface area contributed by atoms with E-state index >= 15 is 0 Å². The standard InChI is InChI=1S/C26H31N7O5S/c1-16(2)38-23(24-28-13-17(3)14-29-24)18(4)39(34,35)32-26-31-30-25(19-9-8-12-27-15-19)33(26)22-20(36-5)10-7-11-21(22)37-6/h7-16,18,23H,1-6H3,(H,31,32)/t18-,23+/m1/s1. The normalized spacial score (nSPS) is 13.2. The number of hydrogen-bond acceptors (Lipinski definition) is 10. The van der Waals surface area contributed by atoms with Crippen molar-refractivity contribution in [2.24, 2.45) is 0 Å². The highest BCUT2D eigenvalue weighted by molar-refractivity contribution is 7.93. The number of rotatable bonds is 11. The molecule has 1 N–H and O–H groups in total. The molecule has 0 fully saturated rings. The predicted molar refractivity (Wildman–Crippen MR) is 145 cm³/mol. The summed E-state index contributed by atoms with van der Waals surface area (Å²) in [7, 11) is -1.12. The van der Waals surface area contributed by atoms with E-state index in [2.05, 4.69) is 29.9 Å². The number of ether oxygens (including phenoxy) is 3. The van der Waals surface area contributed by atoms with Gasteiger partial charge in [0.15, 0.2) is 11.6 Å². The molecule has 0 bridgehead atoms. The minimum atomic E-state index is -4.13. The zero-order valence-electron chi connectivity index (χ0n) is 22.6. The minimum Gasteiger partial charge on any atom is -0.494 e. The summed E-state index contributed by atoms with van der Waals surface area (Å²) in [4.78, 5) is 12.8. The van der Waals surface area contributed by atoms with E-state index in [0.29, 0.717) is 28.6 Å². The molecule has 0 unspecified atom stereocenters. The zero-order valence-corrected chi connectivity index (χ0v) is 23.4. The molecule has 4 rings (SSSR count). The molecule has 3 heterocycles. The summed E-state index contributed by atoms with van der Waals surface area (Å²) in [5, 5.41) is 7.40. The SMILES string of the molecule is COc1cccc(OC)c1-n1c(NS(=O)(=O)[C@H](C)[C@H](OC(C)C)c2ncc(C)cn2)nnc1-c1cccnc1. The lowest BCUT2D eigenvalue weighted by molar-refractivity contribution is 0.00152. The van der Waals surface area contributed by atoms with E-state index in [4.69, 9.17) is 14.2 Å². The Morgan fingerprint density at radius 2 is 1.59 bits per heavy atom. The third-order valence-electron chi connectivity index (χ3n) is 5.83. The largest absolute Gasteiger partial charge is 0.494 e. The molecule has 39 heavy (non-hydrogen) atoms. The van der Waals surface area contributed by atoms with Crippen LogP contribution >= 0.6 is 0 Å². The van der Waals surface area contributed by atoms with E-state index in [0.717, 1.165) is 5.56 Å². The van der Waals surface area contributed by atoms with Crippen LogP contribution in [0.3, 0.4) is 0 Å². The van der Waals surface area contributed by atoms with E-state index in [1.54, 1.807) is 55.1 Å². The van der Waals surface area contributed by atoms with E-state index < -0.39 is 21.4 Å². The quantitative estimate of drug-likeness (QED) is 0.292. The zero-order chi connectivity index (χ0) is 28.2. The van der Waals surface area contributed by atoms with E-state index in [1.165, 1.54) is 25.7 Å². The number of sulfonamides is 1. The number of pyridine rings is 1. The van der Waals surface area contributed by atoms with Crippen LogP contribution in [0.2, 0.25) is 0 Å². The highest BCUT2D eigenvalue weighted by Gasteiger charge is 2.36. The summed E-state index contributed by atoms with van der Waals surface area (Å²) in [6, 6.07) is 8.75. The van der Waals surface area contributed by atoms with Crippen LogP contribution in [0.4, 0.5) is 5.95 Å². The van der Waals surface area contributed by atoms with Crippen LogP contribution in [-0.4, -0.2) is 63.7 Å². The molecule has 0 amide bonds. The van der Waals surface area contributed by atoms with E-state index in [1.807, 2.05) is 20.8 Å². The Balaban J connectivity index is 1.83. The van der Waals surface area contributed by atoms with Gasteiger partial charge in [-0.2, -0.15) is 0 Å². The maximum atomic E-state index is 13.8. The molecule has 1 aromatic carbocycles. The van der Waals surface area contributed by atoms with Gasteiger partial charge in [0.2, 0.25) is 16.0 Å². The summed E-state index contributed by atoms with van der Waals surface area (Å²) >= 11 is 0. The van der Waals surface area contributed by atoms with Gasteiger partial charge in [-0.05, 0) is 57.5 Å². The average molecular weight is 554 g/mol. The van der Waals surface area contributed by atoms with Crippen LogP contribution in [0, 0.1) is 6.92 Å². The number of nitrogens with one attached hydrogen (secondary N) is 1. The summed E-state index contributed by atoms with van der Waals surface area (Å²) in [5.74, 6) is 1.35. The number of methoxy groups -OCH3 is 2. The Hall–Kier alpha value is -4.10. The first-order valence-corrected chi connectivity index (χ1v) is 13.7. The Labute approximate surface area is 227 Å². The van der Waals surface area contributed by atoms with Crippen LogP contribution in [0.1, 0.15) is 38.3 Å². The lowest BCUT2D eigenvalue weighted by Crippen LogP contribution is -2.35. The molecule has 0 aliphatic rings. The van der Waals surface area contributed by atoms with Gasteiger partial charge in [-0.25, -0.2) is 18.4 Å². The molecule has 0 spiro atoms. The summed E-state index contributed by atoms with van der Waals surface area (Å²) in [6.07, 6.45) is 5.24. The van der Waals surface area contributed by atoms with Gasteiger partial charge >= 0.3 is 0 Å². The van der Waals surface area contributed by atoms with Gasteiger partial charge in [-0.15, -0.1) is 10.2 Å². The topological polar surface area (TPSA) is 143 Å². The molecule has 2 atom stereocenters. The number of aryl methyl sites for hydroxylation is 1. The van der Waals surface area contributed by atoms with Gasteiger partial charge in [-0.1, -0.05) is 6.07 Å². The Bertz CT molecular complexity index is 1490. The molecule has 0 radical (unpaired) electrons. The highest BCUT2D eigenvalue weighted by Crippen LogP contribution is 2.38. The van der Waals surface area contributed by atoms with Crippen molar-refractivity contribution in [3.63, 3.8) is 0 Å². The predicted octanol–water partition coefficient (Wildman–Crippen LogP) is 3.74. The smallest absolute Gasteiger partial charge is 0.243 e. The second-order valence-electron chi connectivity index (χ2n) is 9.01. The first-order valence-electron chi connectivity index (χ1n) is 12.2. The van der Waals surface area contributed by atoms with Gasteiger partial charge in [0, 0.05) is 30.4 Å². The fraction of sp³-hybridized carbons (Fsp3) is 0.346. The fourth-order valence-corrected chi connectivity index (χ4v) is 4.99. The Morgan fingerprint density at radius 3 is 2.15 bits per heavy atom. The molecule has 3 aromatic heterocycles. The monoisotopic (exact) mass is 553 g/mol. The molecule has 4 aromatic rings. The third-order valence-corrected chi connectivity index (χ3v) is 7.52. The van der Waals surface area contributed by atoms with Crippen molar-refractivity contribution in [1.29, 1.82) is 0 Å². The molecule has 0 saturated heterocycles. The van der Waals surface area contributed by atoms with Crippen molar-refractivity contribution >= 4 is 16.0 Å². The maximum absolute atomic E-state index is 13.8. The van der Waals surface area contributed by atoms with Gasteiger partial charge in [-0.3, -0.25) is 14.3 Å². The first kappa shape index (κ1) is 27.9. The van der Waals surface area contributed by atoms with E-state index in [9.17, 15) is 8.42 Å². The Morgan fingerprint density at radius 1 is 0.923 bits per heavy atom. The second-order valence-corrected chi connectivity index (χ2v) is 11.0. The number of nitrogens with zero attached hydrogens (tertiary/aromatic N) is 6. The van der Waals surface area contributed by atoms with Crippen LogP contribution in [-0.2, 0) is 14.8 Å². The number of hydrogen-bond donors (Lipinski definition) is 1. The maximum Gasteiger partial charge on any atom is 0.243 e. The lowest BCUT2D eigenvalue weighted by atomic mass is 10.2. The minimum absolute atomic E-state index is 0.0726. The van der Waals surface area contributed by atoms with E-state index in [-0.39, 0.29) is 17.9 Å². The second kappa shape index (κ2) is 11.7. The van der Waals surface area contributed by atoms with Crippen molar-refractivity contribution in [2.45, 2.75) is 45.2 Å². The number of benzene rings is 1. The third kappa shape index (κ3) is 5.99. The molecule has 206 valence electrons. The lowest BCUT2D eigenvalue weighted by Gasteiger charge is -2.25. The average Bonchev–Trinajstić information content (AvgIpc) is 3.33.